The maximum atomic E-state index is 13.2. The summed E-state index contributed by atoms with van der Waals surface area (Å²) in [4.78, 5) is 18.9. The van der Waals surface area contributed by atoms with Crippen LogP contribution in [0, 0.1) is 17.1 Å². The van der Waals surface area contributed by atoms with Crippen LogP contribution in [-0.2, 0) is 11.3 Å². The summed E-state index contributed by atoms with van der Waals surface area (Å²) in [5, 5.41) is 10.1. The molecule has 0 spiro atoms. The number of rotatable bonds is 6. The van der Waals surface area contributed by atoms with E-state index in [0.717, 1.165) is 16.6 Å². The van der Waals surface area contributed by atoms with E-state index in [1.807, 2.05) is 47.0 Å². The van der Waals surface area contributed by atoms with Crippen molar-refractivity contribution in [2.75, 3.05) is 17.7 Å². The molecule has 4 rings (SSSR count). The first kappa shape index (κ1) is 20.6. The lowest BCUT2D eigenvalue weighted by atomic mass is 10.1. The van der Waals surface area contributed by atoms with Gasteiger partial charge in [-0.1, -0.05) is 42.1 Å². The van der Waals surface area contributed by atoms with Crippen molar-refractivity contribution >= 4 is 34.4 Å². The van der Waals surface area contributed by atoms with Crippen LogP contribution in [-0.4, -0.2) is 28.3 Å². The van der Waals surface area contributed by atoms with Gasteiger partial charge < -0.3 is 9.47 Å². The normalized spacial score (nSPS) is 10.7. The number of thioether (sulfide) groups is 1. The monoisotopic (exact) mass is 430 g/mol. The third kappa shape index (κ3) is 4.44. The average molecular weight is 431 g/mol. The molecule has 3 aromatic carbocycles. The molecule has 0 aliphatic rings. The zero-order valence-corrected chi connectivity index (χ0v) is 17.6. The van der Waals surface area contributed by atoms with Gasteiger partial charge in [-0.3, -0.25) is 4.79 Å². The highest BCUT2D eigenvalue weighted by molar-refractivity contribution is 7.99. The topological polar surface area (TPSA) is 61.9 Å². The SMILES string of the molecule is CN(C(=O)CSc1nc2ccccc2n1Cc1ccccc1C#N)c1ccc(F)cc1. The largest absolute Gasteiger partial charge is 0.315 e. The van der Waals surface area contributed by atoms with Crippen LogP contribution in [0.1, 0.15) is 11.1 Å². The second kappa shape index (κ2) is 9.02. The van der Waals surface area contributed by atoms with Gasteiger partial charge in [-0.2, -0.15) is 5.26 Å². The minimum atomic E-state index is -0.342. The smallest absolute Gasteiger partial charge is 0.237 e. The molecular formula is C24H19FN4OS. The van der Waals surface area contributed by atoms with Gasteiger partial charge in [-0.05, 0) is 48.0 Å². The fourth-order valence-corrected chi connectivity index (χ4v) is 4.21. The minimum absolute atomic E-state index is 0.118. The number of carbonyl (C=O) groups is 1. The number of amides is 1. The molecule has 0 N–H and O–H groups in total. The molecule has 4 aromatic rings. The van der Waals surface area contributed by atoms with Gasteiger partial charge in [0.25, 0.3) is 0 Å². The van der Waals surface area contributed by atoms with Gasteiger partial charge in [0.15, 0.2) is 5.16 Å². The molecule has 7 heteroatoms. The summed E-state index contributed by atoms with van der Waals surface area (Å²) in [6, 6.07) is 23.3. The van der Waals surface area contributed by atoms with Crippen molar-refractivity contribution in [1.29, 1.82) is 5.26 Å². The van der Waals surface area contributed by atoms with Gasteiger partial charge in [0.2, 0.25) is 5.91 Å². The highest BCUT2D eigenvalue weighted by atomic mass is 32.2. The summed E-state index contributed by atoms with van der Waals surface area (Å²) in [7, 11) is 1.67. The Morgan fingerprint density at radius 1 is 1.10 bits per heavy atom. The molecule has 0 atom stereocenters. The lowest BCUT2D eigenvalue weighted by Crippen LogP contribution is -2.28. The van der Waals surface area contributed by atoms with E-state index in [1.165, 1.54) is 28.8 Å². The van der Waals surface area contributed by atoms with E-state index in [0.29, 0.717) is 23.0 Å². The van der Waals surface area contributed by atoms with Crippen LogP contribution in [0.25, 0.3) is 11.0 Å². The van der Waals surface area contributed by atoms with Crippen molar-refractivity contribution in [3.63, 3.8) is 0 Å². The quantitative estimate of drug-likeness (QED) is 0.410. The fourth-order valence-electron chi connectivity index (χ4n) is 3.29. The fraction of sp³-hybridized carbons (Fsp3) is 0.125. The van der Waals surface area contributed by atoms with Gasteiger partial charge in [0.1, 0.15) is 5.82 Å². The first-order valence-corrected chi connectivity index (χ1v) is 10.6. The lowest BCUT2D eigenvalue weighted by molar-refractivity contribution is -0.115. The van der Waals surface area contributed by atoms with Crippen molar-refractivity contribution in [2.45, 2.75) is 11.7 Å². The molecule has 154 valence electrons. The van der Waals surface area contributed by atoms with Crippen LogP contribution < -0.4 is 4.90 Å². The van der Waals surface area contributed by atoms with Crippen LogP contribution in [0.2, 0.25) is 0 Å². The number of para-hydroxylation sites is 2. The third-order valence-electron chi connectivity index (χ3n) is 5.00. The van der Waals surface area contributed by atoms with E-state index in [1.54, 1.807) is 25.2 Å². The molecule has 1 heterocycles. The third-order valence-corrected chi connectivity index (χ3v) is 5.96. The highest BCUT2D eigenvalue weighted by Crippen LogP contribution is 2.26. The van der Waals surface area contributed by atoms with Crippen LogP contribution in [0.3, 0.4) is 0 Å². The molecule has 0 fully saturated rings. The first-order chi connectivity index (χ1) is 15.1. The number of carbonyl (C=O) groups excluding carboxylic acids is 1. The van der Waals surface area contributed by atoms with E-state index in [-0.39, 0.29) is 17.5 Å². The van der Waals surface area contributed by atoms with E-state index in [9.17, 15) is 14.4 Å². The summed E-state index contributed by atoms with van der Waals surface area (Å²) < 4.78 is 15.2. The summed E-state index contributed by atoms with van der Waals surface area (Å²) in [5.74, 6) is -0.283. The number of fused-ring (bicyclic) bond motifs is 1. The molecule has 0 radical (unpaired) electrons. The predicted octanol–water partition coefficient (Wildman–Crippen LogP) is 4.85. The maximum Gasteiger partial charge on any atom is 0.237 e. The second-order valence-corrected chi connectivity index (χ2v) is 7.90. The summed E-state index contributed by atoms with van der Waals surface area (Å²) in [6.45, 7) is 0.481. The van der Waals surface area contributed by atoms with Gasteiger partial charge in [0.05, 0.1) is 35.0 Å². The molecule has 1 amide bonds. The lowest BCUT2D eigenvalue weighted by Gasteiger charge is -2.17. The number of benzene rings is 3. The van der Waals surface area contributed by atoms with Gasteiger partial charge in [-0.25, -0.2) is 9.37 Å². The van der Waals surface area contributed by atoms with E-state index >= 15 is 0 Å². The summed E-state index contributed by atoms with van der Waals surface area (Å²) in [5.41, 5.74) is 3.91. The number of aromatic nitrogens is 2. The minimum Gasteiger partial charge on any atom is -0.315 e. The molecule has 31 heavy (non-hydrogen) atoms. The Bertz CT molecular complexity index is 1280. The van der Waals surface area contributed by atoms with Crippen LogP contribution in [0.4, 0.5) is 10.1 Å². The molecule has 1 aromatic heterocycles. The average Bonchev–Trinajstić information content (AvgIpc) is 3.15. The van der Waals surface area contributed by atoms with E-state index < -0.39 is 0 Å². The number of nitrogens with zero attached hydrogens (tertiary/aromatic N) is 4. The van der Waals surface area contributed by atoms with Crippen molar-refractivity contribution in [3.05, 3.63) is 89.7 Å². The molecule has 0 aliphatic heterocycles. The molecule has 5 nitrogen and oxygen atoms in total. The Labute approximate surface area is 183 Å². The number of anilines is 1. The van der Waals surface area contributed by atoms with Gasteiger partial charge in [0, 0.05) is 12.7 Å². The second-order valence-electron chi connectivity index (χ2n) is 6.96. The van der Waals surface area contributed by atoms with Crippen molar-refractivity contribution in [3.8, 4) is 6.07 Å². The molecule has 0 unspecified atom stereocenters. The molecule has 0 saturated carbocycles. The Hall–Kier alpha value is -3.63. The van der Waals surface area contributed by atoms with Crippen LogP contribution >= 0.6 is 11.8 Å². The van der Waals surface area contributed by atoms with E-state index in [4.69, 9.17) is 4.98 Å². The van der Waals surface area contributed by atoms with Gasteiger partial charge in [-0.15, -0.1) is 0 Å². The summed E-state index contributed by atoms with van der Waals surface area (Å²) in [6.07, 6.45) is 0. The van der Waals surface area contributed by atoms with Crippen molar-refractivity contribution in [1.82, 2.24) is 9.55 Å². The van der Waals surface area contributed by atoms with Crippen molar-refractivity contribution in [2.24, 2.45) is 0 Å². The zero-order valence-electron chi connectivity index (χ0n) is 16.8. The van der Waals surface area contributed by atoms with Crippen LogP contribution in [0.15, 0.2) is 78.0 Å². The Morgan fingerprint density at radius 2 is 1.81 bits per heavy atom. The highest BCUT2D eigenvalue weighted by Gasteiger charge is 2.17. The zero-order chi connectivity index (χ0) is 21.8. The number of hydrogen-bond donors (Lipinski definition) is 0. The molecular weight excluding hydrogens is 411 g/mol. The number of nitriles is 1. The van der Waals surface area contributed by atoms with Gasteiger partial charge >= 0.3 is 0 Å². The molecule has 0 aliphatic carbocycles. The Morgan fingerprint density at radius 3 is 2.58 bits per heavy atom. The molecule has 0 bridgehead atoms. The first-order valence-electron chi connectivity index (χ1n) is 9.65. The van der Waals surface area contributed by atoms with Crippen LogP contribution in [0.5, 0.6) is 0 Å². The predicted molar refractivity (Wildman–Crippen MR) is 121 cm³/mol. The number of halogens is 1. The van der Waals surface area contributed by atoms with E-state index in [2.05, 4.69) is 6.07 Å². The molecule has 0 saturated heterocycles. The van der Waals surface area contributed by atoms with Crippen molar-refractivity contribution < 1.29 is 9.18 Å². The maximum absolute atomic E-state index is 13.2. The number of hydrogen-bond acceptors (Lipinski definition) is 4. The standard InChI is InChI=1S/C24H19FN4OS/c1-28(20-12-10-19(25)11-13-20)23(30)16-31-24-27-21-8-4-5-9-22(21)29(24)15-18-7-3-2-6-17(18)14-26/h2-13H,15-16H2,1H3. The Balaban J connectivity index is 1.59. The number of imidazole rings is 1. The Kier molecular flexibility index (Phi) is 6.01. The summed E-state index contributed by atoms with van der Waals surface area (Å²) >= 11 is 1.34.